The standard InChI is InChI=1S/C3H4O2.C3H8/c1-2-3(4)5;1-3-2/h2H,1H2,(H,4,5);3H2,1-2H3/p-1. The number of hydrogen-bond acceptors (Lipinski definition) is 2. The first-order chi connectivity index (χ1) is 3.68. The van der Waals surface area contributed by atoms with Gasteiger partial charge in [0.25, 0.3) is 0 Å². The summed E-state index contributed by atoms with van der Waals surface area (Å²) in [6.45, 7) is 7.15. The molecular weight excluding hydrogens is 104 g/mol. The minimum Gasteiger partial charge on any atom is -0.545 e. The molecule has 0 amide bonds. The highest BCUT2D eigenvalue weighted by Gasteiger charge is 1.55. The first-order valence-electron chi connectivity index (χ1n) is 2.52. The van der Waals surface area contributed by atoms with E-state index in [-0.39, 0.29) is 0 Å². The smallest absolute Gasteiger partial charge is 0.0636 e. The number of aliphatic carboxylic acids is 1. The molecule has 0 bridgehead atoms. The van der Waals surface area contributed by atoms with Gasteiger partial charge in [-0.15, -0.1) is 0 Å². The minimum absolute atomic E-state index is 0.722. The molecule has 0 aromatic heterocycles. The summed E-state index contributed by atoms with van der Waals surface area (Å²) in [4.78, 5) is 9.14. The van der Waals surface area contributed by atoms with E-state index in [0.717, 1.165) is 6.08 Å². The second-order valence-corrected chi connectivity index (χ2v) is 1.23. The van der Waals surface area contributed by atoms with Crippen LogP contribution in [0.5, 0.6) is 0 Å². The van der Waals surface area contributed by atoms with Gasteiger partial charge in [-0.3, -0.25) is 0 Å². The van der Waals surface area contributed by atoms with Gasteiger partial charge in [0.1, 0.15) is 0 Å². The summed E-state index contributed by atoms with van der Waals surface area (Å²) in [5.41, 5.74) is 0. The number of carboxylic acids is 1. The summed E-state index contributed by atoms with van der Waals surface area (Å²) in [6.07, 6.45) is 1.97. The summed E-state index contributed by atoms with van der Waals surface area (Å²) in [5.74, 6) is -1.23. The Hall–Kier alpha value is -0.790. The highest BCUT2D eigenvalue weighted by Crippen LogP contribution is 1.56. The van der Waals surface area contributed by atoms with E-state index in [4.69, 9.17) is 9.90 Å². The van der Waals surface area contributed by atoms with Crippen molar-refractivity contribution in [3.8, 4) is 0 Å². The Labute approximate surface area is 49.8 Å². The van der Waals surface area contributed by atoms with Gasteiger partial charge in [-0.25, -0.2) is 0 Å². The van der Waals surface area contributed by atoms with Crippen LogP contribution in [-0.4, -0.2) is 5.97 Å². The van der Waals surface area contributed by atoms with Crippen LogP contribution in [0.2, 0.25) is 0 Å². The highest BCUT2D eigenvalue weighted by molar-refractivity contribution is 5.76. The molecule has 0 spiro atoms. The fraction of sp³-hybridized carbons (Fsp3) is 0.500. The van der Waals surface area contributed by atoms with Crippen LogP contribution in [0.25, 0.3) is 0 Å². The average Bonchev–Trinajstić information content (AvgIpc) is 1.69. The molecule has 0 N–H and O–H groups in total. The lowest BCUT2D eigenvalue weighted by atomic mass is 10.6. The summed E-state index contributed by atoms with van der Waals surface area (Å²) in [6, 6.07) is 0. The fourth-order valence-corrected chi connectivity index (χ4v) is 0. The van der Waals surface area contributed by atoms with E-state index in [1.165, 1.54) is 6.42 Å². The molecule has 0 radical (unpaired) electrons. The van der Waals surface area contributed by atoms with Crippen LogP contribution in [0.15, 0.2) is 12.7 Å². The van der Waals surface area contributed by atoms with E-state index < -0.39 is 5.97 Å². The van der Waals surface area contributed by atoms with Crippen LogP contribution < -0.4 is 5.11 Å². The van der Waals surface area contributed by atoms with Gasteiger partial charge in [0.15, 0.2) is 0 Å². The molecule has 0 aromatic carbocycles. The van der Waals surface area contributed by atoms with Gasteiger partial charge in [0.2, 0.25) is 0 Å². The van der Waals surface area contributed by atoms with Crippen molar-refractivity contribution in [3.05, 3.63) is 12.7 Å². The number of carbonyl (C=O) groups is 1. The van der Waals surface area contributed by atoms with Crippen molar-refractivity contribution in [2.75, 3.05) is 0 Å². The zero-order valence-electron chi connectivity index (χ0n) is 5.31. The van der Waals surface area contributed by atoms with Gasteiger partial charge in [-0.2, -0.15) is 0 Å². The first kappa shape index (κ1) is 10.2. The van der Waals surface area contributed by atoms with Gasteiger partial charge >= 0.3 is 0 Å². The van der Waals surface area contributed by atoms with Gasteiger partial charge in [-0.1, -0.05) is 26.8 Å². The molecule has 0 aromatic rings. The third-order valence-electron chi connectivity index (χ3n) is 0.167. The Morgan fingerprint density at radius 1 is 1.75 bits per heavy atom. The van der Waals surface area contributed by atoms with Gasteiger partial charge in [0.05, 0.1) is 5.97 Å². The molecule has 0 aliphatic rings. The number of carboxylic acid groups (broad SMARTS) is 1. The molecule has 0 aliphatic heterocycles. The molecule has 0 atom stereocenters. The van der Waals surface area contributed by atoms with Crippen LogP contribution >= 0.6 is 0 Å². The molecule has 0 aliphatic carbocycles. The largest absolute Gasteiger partial charge is 0.545 e. The maximum absolute atomic E-state index is 9.14. The average molecular weight is 115 g/mol. The van der Waals surface area contributed by atoms with E-state index in [9.17, 15) is 0 Å². The topological polar surface area (TPSA) is 40.1 Å². The molecule has 0 heterocycles. The van der Waals surface area contributed by atoms with Crippen LogP contribution in [0.4, 0.5) is 0 Å². The quantitative estimate of drug-likeness (QED) is 0.462. The van der Waals surface area contributed by atoms with Crippen molar-refractivity contribution < 1.29 is 9.90 Å². The molecule has 0 rings (SSSR count). The molecular formula is C6H11O2-. The lowest BCUT2D eigenvalue weighted by molar-refractivity contribution is -0.297. The minimum atomic E-state index is -1.23. The number of hydrogen-bond donors (Lipinski definition) is 0. The maximum atomic E-state index is 9.14. The van der Waals surface area contributed by atoms with Crippen LogP contribution in [-0.2, 0) is 4.79 Å². The van der Waals surface area contributed by atoms with Crippen LogP contribution in [0.3, 0.4) is 0 Å². The van der Waals surface area contributed by atoms with Crippen molar-refractivity contribution in [1.29, 1.82) is 0 Å². The van der Waals surface area contributed by atoms with E-state index in [1.807, 2.05) is 0 Å². The third-order valence-corrected chi connectivity index (χ3v) is 0.167. The summed E-state index contributed by atoms with van der Waals surface area (Å²) in [7, 11) is 0. The maximum Gasteiger partial charge on any atom is 0.0636 e. The van der Waals surface area contributed by atoms with E-state index >= 15 is 0 Å². The second-order valence-electron chi connectivity index (χ2n) is 1.23. The molecule has 0 saturated carbocycles. The van der Waals surface area contributed by atoms with Gasteiger partial charge < -0.3 is 9.90 Å². The van der Waals surface area contributed by atoms with Gasteiger partial charge in [0, 0.05) is 0 Å². The predicted molar refractivity (Wildman–Crippen MR) is 31.2 cm³/mol. The Morgan fingerprint density at radius 3 is 1.88 bits per heavy atom. The van der Waals surface area contributed by atoms with Crippen molar-refractivity contribution in [3.63, 3.8) is 0 Å². The summed E-state index contributed by atoms with van der Waals surface area (Å²) >= 11 is 0. The van der Waals surface area contributed by atoms with E-state index in [1.54, 1.807) is 0 Å². The Balaban J connectivity index is 0. The first-order valence-corrected chi connectivity index (χ1v) is 2.52. The molecule has 2 nitrogen and oxygen atoms in total. The van der Waals surface area contributed by atoms with E-state index in [0.29, 0.717) is 0 Å². The summed E-state index contributed by atoms with van der Waals surface area (Å²) in [5, 5.41) is 9.14. The Morgan fingerprint density at radius 2 is 1.88 bits per heavy atom. The zero-order valence-corrected chi connectivity index (χ0v) is 5.31. The normalized spacial score (nSPS) is 6.25. The van der Waals surface area contributed by atoms with Crippen LogP contribution in [0.1, 0.15) is 20.3 Å². The molecule has 0 fully saturated rings. The predicted octanol–water partition coefficient (Wildman–Crippen LogP) is 0.339. The fourth-order valence-electron chi connectivity index (χ4n) is 0. The molecule has 0 unspecified atom stereocenters. The lowest BCUT2D eigenvalue weighted by Crippen LogP contribution is -2.17. The molecule has 2 heteroatoms. The zero-order chi connectivity index (χ0) is 6.99. The van der Waals surface area contributed by atoms with Crippen molar-refractivity contribution in [2.24, 2.45) is 0 Å². The second kappa shape index (κ2) is 9.51. The highest BCUT2D eigenvalue weighted by atomic mass is 16.4. The van der Waals surface area contributed by atoms with Crippen molar-refractivity contribution in [1.82, 2.24) is 0 Å². The molecule has 48 valence electrons. The summed E-state index contributed by atoms with van der Waals surface area (Å²) < 4.78 is 0. The number of carbonyl (C=O) groups excluding carboxylic acids is 1. The molecule has 8 heavy (non-hydrogen) atoms. The number of rotatable bonds is 1. The lowest BCUT2D eigenvalue weighted by Gasteiger charge is -1.81. The van der Waals surface area contributed by atoms with Crippen molar-refractivity contribution in [2.45, 2.75) is 20.3 Å². The monoisotopic (exact) mass is 115 g/mol. The Bertz CT molecular complexity index is 66.9. The van der Waals surface area contributed by atoms with Crippen LogP contribution in [0, 0.1) is 0 Å². The van der Waals surface area contributed by atoms with E-state index in [2.05, 4.69) is 20.4 Å². The van der Waals surface area contributed by atoms with Gasteiger partial charge in [-0.05, 0) is 6.08 Å². The Kier molecular flexibility index (Phi) is 12.2. The third kappa shape index (κ3) is 63.1. The molecule has 0 saturated heterocycles. The SMILES string of the molecule is C=CC(=O)[O-].CCC. The van der Waals surface area contributed by atoms with Crippen molar-refractivity contribution >= 4 is 5.97 Å².